The molecule has 0 saturated heterocycles. The number of aromatic amines is 1. The molecule has 7 nitrogen and oxygen atoms in total. The molecule has 1 rings (SSSR count). The van der Waals surface area contributed by atoms with E-state index in [0.29, 0.717) is 5.82 Å². The highest BCUT2D eigenvalue weighted by molar-refractivity contribution is 5.90. The van der Waals surface area contributed by atoms with Crippen LogP contribution in [0.15, 0.2) is 0 Å². The Bertz CT molecular complexity index is 397. The first-order valence-corrected chi connectivity index (χ1v) is 5.72. The summed E-state index contributed by atoms with van der Waals surface area (Å²) in [6.07, 6.45) is 0. The van der Waals surface area contributed by atoms with Crippen LogP contribution in [0.2, 0.25) is 0 Å². The van der Waals surface area contributed by atoms with E-state index >= 15 is 0 Å². The van der Waals surface area contributed by atoms with Gasteiger partial charge in [0.25, 0.3) is 5.91 Å². The number of aliphatic hydroxyl groups is 1. The smallest absolute Gasteiger partial charge is 0.291 e. The summed E-state index contributed by atoms with van der Waals surface area (Å²) in [4.78, 5) is 15.9. The van der Waals surface area contributed by atoms with Gasteiger partial charge in [0, 0.05) is 12.5 Å². The van der Waals surface area contributed by atoms with Crippen LogP contribution in [-0.4, -0.2) is 52.6 Å². The van der Waals surface area contributed by atoms with Gasteiger partial charge in [-0.1, -0.05) is 20.8 Å². The highest BCUT2D eigenvalue weighted by Crippen LogP contribution is 2.17. The van der Waals surface area contributed by atoms with Crippen LogP contribution in [0.5, 0.6) is 0 Å². The Labute approximate surface area is 106 Å². The number of rotatable bonds is 5. The van der Waals surface area contributed by atoms with Crippen LogP contribution in [0.25, 0.3) is 0 Å². The van der Waals surface area contributed by atoms with Crippen molar-refractivity contribution < 1.29 is 14.6 Å². The lowest BCUT2D eigenvalue weighted by atomic mass is 9.96. The van der Waals surface area contributed by atoms with Crippen molar-refractivity contribution in [3.05, 3.63) is 11.6 Å². The summed E-state index contributed by atoms with van der Waals surface area (Å²) in [5.41, 5.74) is -0.200. The van der Waals surface area contributed by atoms with Crippen LogP contribution in [0.4, 0.5) is 0 Å². The highest BCUT2D eigenvalue weighted by atomic mass is 16.5. The molecule has 0 radical (unpaired) electrons. The second kappa shape index (κ2) is 5.92. The Morgan fingerprint density at radius 2 is 2.22 bits per heavy atom. The molecule has 0 aromatic carbocycles. The predicted octanol–water partition coefficient (Wildman–Crippen LogP) is -0.161. The van der Waals surface area contributed by atoms with Crippen LogP contribution in [0.3, 0.4) is 0 Å². The van der Waals surface area contributed by atoms with Gasteiger partial charge in [0.05, 0.1) is 19.3 Å². The van der Waals surface area contributed by atoms with Crippen molar-refractivity contribution in [2.45, 2.75) is 32.2 Å². The van der Waals surface area contributed by atoms with Crippen molar-refractivity contribution in [1.82, 2.24) is 20.5 Å². The summed E-state index contributed by atoms with van der Waals surface area (Å²) in [5, 5.41) is 18.2. The standard InChI is InChI=1S/C11H20N4O3/c1-11(2,3)10-13-8(14-15-10)9(17)12-7(5-16)6-18-4/h7,16H,5-6H2,1-4H3,(H,12,17)(H,13,14,15). The van der Waals surface area contributed by atoms with E-state index in [1.807, 2.05) is 20.8 Å². The Morgan fingerprint density at radius 3 is 2.67 bits per heavy atom. The van der Waals surface area contributed by atoms with Gasteiger partial charge in [-0.05, 0) is 0 Å². The average Bonchev–Trinajstić information content (AvgIpc) is 2.77. The van der Waals surface area contributed by atoms with E-state index in [-0.39, 0.29) is 24.5 Å². The molecule has 0 saturated carbocycles. The van der Waals surface area contributed by atoms with Gasteiger partial charge in [0.2, 0.25) is 5.82 Å². The molecule has 0 aliphatic heterocycles. The van der Waals surface area contributed by atoms with Crippen molar-refractivity contribution >= 4 is 5.91 Å². The molecule has 1 amide bonds. The van der Waals surface area contributed by atoms with Crippen molar-refractivity contribution in [1.29, 1.82) is 0 Å². The molecule has 3 N–H and O–H groups in total. The predicted molar refractivity (Wildman–Crippen MR) is 65.3 cm³/mol. The largest absolute Gasteiger partial charge is 0.394 e. The van der Waals surface area contributed by atoms with Gasteiger partial charge < -0.3 is 15.2 Å². The fourth-order valence-corrected chi connectivity index (χ4v) is 1.29. The Hall–Kier alpha value is -1.47. The number of aliphatic hydroxyl groups excluding tert-OH is 1. The van der Waals surface area contributed by atoms with E-state index in [9.17, 15) is 4.79 Å². The number of carbonyl (C=O) groups is 1. The number of hydrogen-bond acceptors (Lipinski definition) is 5. The molecule has 1 aromatic heterocycles. The SMILES string of the molecule is COCC(CO)NC(=O)c1n[nH]c(C(C)(C)C)n1. The lowest BCUT2D eigenvalue weighted by Crippen LogP contribution is -2.41. The molecule has 0 spiro atoms. The summed E-state index contributed by atoms with van der Waals surface area (Å²) in [7, 11) is 1.50. The number of methoxy groups -OCH3 is 1. The first-order chi connectivity index (χ1) is 8.38. The Kier molecular flexibility index (Phi) is 4.80. The minimum Gasteiger partial charge on any atom is -0.394 e. The van der Waals surface area contributed by atoms with Crippen molar-refractivity contribution in [2.75, 3.05) is 20.3 Å². The van der Waals surface area contributed by atoms with Crippen LogP contribution in [-0.2, 0) is 10.2 Å². The second-order valence-corrected chi connectivity index (χ2v) is 5.07. The molecule has 102 valence electrons. The van der Waals surface area contributed by atoms with E-state index in [0.717, 1.165) is 0 Å². The lowest BCUT2D eigenvalue weighted by molar-refractivity contribution is 0.0830. The maximum absolute atomic E-state index is 11.8. The van der Waals surface area contributed by atoms with Crippen LogP contribution < -0.4 is 5.32 Å². The fraction of sp³-hybridized carbons (Fsp3) is 0.727. The summed E-state index contributed by atoms with van der Waals surface area (Å²) in [6, 6.07) is -0.459. The van der Waals surface area contributed by atoms with Gasteiger partial charge in [-0.2, -0.15) is 0 Å². The molecule has 1 unspecified atom stereocenters. The third-order valence-electron chi connectivity index (χ3n) is 2.32. The summed E-state index contributed by atoms with van der Waals surface area (Å²) >= 11 is 0. The van der Waals surface area contributed by atoms with Crippen molar-refractivity contribution in [3.8, 4) is 0 Å². The minimum atomic E-state index is -0.459. The van der Waals surface area contributed by atoms with E-state index in [2.05, 4.69) is 20.5 Å². The maximum Gasteiger partial charge on any atom is 0.291 e. The van der Waals surface area contributed by atoms with Gasteiger partial charge in [-0.3, -0.25) is 9.89 Å². The molecule has 1 aromatic rings. The quantitative estimate of drug-likeness (QED) is 0.679. The minimum absolute atomic E-state index is 0.0643. The number of ether oxygens (including phenoxy) is 1. The fourth-order valence-electron chi connectivity index (χ4n) is 1.29. The Morgan fingerprint density at radius 1 is 1.56 bits per heavy atom. The summed E-state index contributed by atoms with van der Waals surface area (Å²) in [5.74, 6) is 0.271. The zero-order chi connectivity index (χ0) is 13.8. The van der Waals surface area contributed by atoms with Gasteiger partial charge in [-0.25, -0.2) is 4.98 Å². The molecular formula is C11H20N4O3. The van der Waals surface area contributed by atoms with Crippen LogP contribution >= 0.6 is 0 Å². The number of nitrogens with zero attached hydrogens (tertiary/aromatic N) is 2. The van der Waals surface area contributed by atoms with Gasteiger partial charge >= 0.3 is 0 Å². The maximum atomic E-state index is 11.8. The highest BCUT2D eigenvalue weighted by Gasteiger charge is 2.22. The molecule has 18 heavy (non-hydrogen) atoms. The second-order valence-electron chi connectivity index (χ2n) is 5.07. The topological polar surface area (TPSA) is 100 Å². The molecule has 7 heteroatoms. The number of hydrogen-bond donors (Lipinski definition) is 3. The summed E-state index contributed by atoms with van der Waals surface area (Å²) < 4.78 is 4.87. The van der Waals surface area contributed by atoms with E-state index in [1.54, 1.807) is 0 Å². The molecule has 0 aliphatic rings. The number of aromatic nitrogens is 3. The third-order valence-corrected chi connectivity index (χ3v) is 2.32. The van der Waals surface area contributed by atoms with Gasteiger partial charge in [0.15, 0.2) is 0 Å². The molecule has 1 atom stereocenters. The number of carbonyl (C=O) groups excluding carboxylic acids is 1. The van der Waals surface area contributed by atoms with E-state index < -0.39 is 11.9 Å². The lowest BCUT2D eigenvalue weighted by Gasteiger charge is -2.14. The monoisotopic (exact) mass is 256 g/mol. The number of nitrogens with one attached hydrogen (secondary N) is 2. The zero-order valence-electron chi connectivity index (χ0n) is 11.1. The first kappa shape index (κ1) is 14.6. The normalized spacial score (nSPS) is 13.4. The van der Waals surface area contributed by atoms with E-state index in [1.165, 1.54) is 7.11 Å². The molecule has 0 bridgehead atoms. The average molecular weight is 256 g/mol. The third kappa shape index (κ3) is 3.78. The first-order valence-electron chi connectivity index (χ1n) is 5.72. The van der Waals surface area contributed by atoms with Crippen molar-refractivity contribution in [3.63, 3.8) is 0 Å². The summed E-state index contributed by atoms with van der Waals surface area (Å²) in [6.45, 7) is 5.94. The van der Waals surface area contributed by atoms with Crippen LogP contribution in [0.1, 0.15) is 37.2 Å². The molecule has 0 fully saturated rings. The van der Waals surface area contributed by atoms with E-state index in [4.69, 9.17) is 9.84 Å². The number of amides is 1. The molecule has 0 aliphatic carbocycles. The molecule has 1 heterocycles. The van der Waals surface area contributed by atoms with Crippen molar-refractivity contribution in [2.24, 2.45) is 0 Å². The molecular weight excluding hydrogens is 236 g/mol. The van der Waals surface area contributed by atoms with Gasteiger partial charge in [-0.15, -0.1) is 5.10 Å². The Balaban J connectivity index is 2.70. The van der Waals surface area contributed by atoms with Crippen LogP contribution in [0, 0.1) is 0 Å². The number of H-pyrrole nitrogens is 1. The van der Waals surface area contributed by atoms with Gasteiger partial charge in [0.1, 0.15) is 5.82 Å². The zero-order valence-corrected chi connectivity index (χ0v) is 11.1.